The maximum atomic E-state index is 12.3. The fourth-order valence-corrected chi connectivity index (χ4v) is 2.85. The molecule has 1 aromatic rings. The van der Waals surface area contributed by atoms with Gasteiger partial charge in [-0.05, 0) is 44.2 Å². The predicted octanol–water partition coefficient (Wildman–Crippen LogP) is 2.61. The summed E-state index contributed by atoms with van der Waals surface area (Å²) in [7, 11) is 0. The third-order valence-electron chi connectivity index (χ3n) is 3.96. The standard InChI is InChI=1S/C17H25NO3/c19-13-11-15-7-4-5-12-18(15)17(20)10-6-14-21-16-8-2-1-3-9-16/h1-3,8-9,15,19H,4-7,10-14H2/t15-/m0/s1. The van der Waals surface area contributed by atoms with E-state index in [1.807, 2.05) is 35.2 Å². The van der Waals surface area contributed by atoms with Gasteiger partial charge in [0, 0.05) is 25.6 Å². The third kappa shape index (κ3) is 5.05. The van der Waals surface area contributed by atoms with Crippen molar-refractivity contribution < 1.29 is 14.6 Å². The smallest absolute Gasteiger partial charge is 0.222 e. The summed E-state index contributed by atoms with van der Waals surface area (Å²) in [5.41, 5.74) is 0. The van der Waals surface area contributed by atoms with Gasteiger partial charge in [0.05, 0.1) is 6.61 Å². The number of aliphatic hydroxyl groups excluding tert-OH is 1. The van der Waals surface area contributed by atoms with Crippen LogP contribution in [0.15, 0.2) is 30.3 Å². The van der Waals surface area contributed by atoms with Crippen LogP contribution in [-0.2, 0) is 4.79 Å². The van der Waals surface area contributed by atoms with Crippen molar-refractivity contribution in [2.45, 2.75) is 44.6 Å². The minimum absolute atomic E-state index is 0.158. The van der Waals surface area contributed by atoms with E-state index >= 15 is 0 Å². The number of hydrogen-bond acceptors (Lipinski definition) is 3. The second kappa shape index (κ2) is 8.67. The minimum Gasteiger partial charge on any atom is -0.494 e. The Labute approximate surface area is 126 Å². The van der Waals surface area contributed by atoms with Crippen LogP contribution < -0.4 is 4.74 Å². The Bertz CT molecular complexity index is 419. The highest BCUT2D eigenvalue weighted by Gasteiger charge is 2.25. The zero-order valence-electron chi connectivity index (χ0n) is 12.5. The molecule has 116 valence electrons. The van der Waals surface area contributed by atoms with Crippen molar-refractivity contribution in [1.82, 2.24) is 4.90 Å². The van der Waals surface area contributed by atoms with E-state index in [0.717, 1.165) is 38.0 Å². The molecule has 0 bridgehead atoms. The molecule has 1 N–H and O–H groups in total. The lowest BCUT2D eigenvalue weighted by molar-refractivity contribution is -0.135. The highest BCUT2D eigenvalue weighted by atomic mass is 16.5. The molecule has 21 heavy (non-hydrogen) atoms. The summed E-state index contributed by atoms with van der Waals surface area (Å²) in [5.74, 6) is 1.05. The topological polar surface area (TPSA) is 49.8 Å². The average Bonchev–Trinajstić information content (AvgIpc) is 2.53. The number of carbonyl (C=O) groups is 1. The number of hydrogen-bond donors (Lipinski definition) is 1. The van der Waals surface area contributed by atoms with Crippen LogP contribution in [0.4, 0.5) is 0 Å². The Hall–Kier alpha value is -1.55. The summed E-state index contributed by atoms with van der Waals surface area (Å²) >= 11 is 0. The van der Waals surface area contributed by atoms with Crippen molar-refractivity contribution in [2.75, 3.05) is 19.8 Å². The lowest BCUT2D eigenvalue weighted by Crippen LogP contribution is -2.44. The van der Waals surface area contributed by atoms with Gasteiger partial charge in [-0.3, -0.25) is 4.79 Å². The molecule has 1 saturated heterocycles. The first-order valence-corrected chi connectivity index (χ1v) is 7.89. The summed E-state index contributed by atoms with van der Waals surface area (Å²) in [5, 5.41) is 9.10. The first kappa shape index (κ1) is 15.8. The maximum absolute atomic E-state index is 12.3. The summed E-state index contributed by atoms with van der Waals surface area (Å²) < 4.78 is 5.61. The van der Waals surface area contributed by atoms with Crippen molar-refractivity contribution in [3.8, 4) is 5.75 Å². The van der Waals surface area contributed by atoms with Gasteiger partial charge in [-0.1, -0.05) is 18.2 Å². The van der Waals surface area contributed by atoms with Gasteiger partial charge in [-0.15, -0.1) is 0 Å². The summed E-state index contributed by atoms with van der Waals surface area (Å²) in [6, 6.07) is 9.90. The number of aliphatic hydroxyl groups is 1. The Kier molecular flexibility index (Phi) is 6.54. The van der Waals surface area contributed by atoms with Crippen LogP contribution in [0.3, 0.4) is 0 Å². The number of benzene rings is 1. The van der Waals surface area contributed by atoms with Gasteiger partial charge >= 0.3 is 0 Å². The minimum atomic E-state index is 0.158. The van der Waals surface area contributed by atoms with Gasteiger partial charge in [0.2, 0.25) is 5.91 Å². The molecule has 2 rings (SSSR count). The van der Waals surface area contributed by atoms with Crippen LogP contribution in [0.2, 0.25) is 0 Å². The number of rotatable bonds is 7. The van der Waals surface area contributed by atoms with Gasteiger partial charge in [0.15, 0.2) is 0 Å². The number of para-hydroxylation sites is 1. The van der Waals surface area contributed by atoms with Crippen molar-refractivity contribution in [3.63, 3.8) is 0 Å². The summed E-state index contributed by atoms with van der Waals surface area (Å²) in [6.45, 7) is 1.56. The fraction of sp³-hybridized carbons (Fsp3) is 0.588. The van der Waals surface area contributed by atoms with Crippen molar-refractivity contribution in [3.05, 3.63) is 30.3 Å². The number of nitrogens with zero attached hydrogens (tertiary/aromatic N) is 1. The molecular formula is C17H25NO3. The second-order valence-electron chi connectivity index (χ2n) is 5.51. The number of ether oxygens (including phenoxy) is 1. The van der Waals surface area contributed by atoms with Gasteiger partial charge in [0.25, 0.3) is 0 Å². The molecule has 0 aliphatic carbocycles. The van der Waals surface area contributed by atoms with Gasteiger partial charge in [0.1, 0.15) is 5.75 Å². The van der Waals surface area contributed by atoms with E-state index in [0.29, 0.717) is 19.4 Å². The van der Waals surface area contributed by atoms with Crippen molar-refractivity contribution >= 4 is 5.91 Å². The molecule has 0 spiro atoms. The molecule has 1 aromatic carbocycles. The van der Waals surface area contributed by atoms with E-state index in [4.69, 9.17) is 9.84 Å². The van der Waals surface area contributed by atoms with E-state index in [1.54, 1.807) is 0 Å². The van der Waals surface area contributed by atoms with E-state index in [9.17, 15) is 4.79 Å². The Morgan fingerprint density at radius 2 is 2.10 bits per heavy atom. The molecule has 0 aromatic heterocycles. The SMILES string of the molecule is O=C(CCCOc1ccccc1)N1CCCC[C@H]1CCO. The molecule has 1 aliphatic rings. The zero-order valence-corrected chi connectivity index (χ0v) is 12.5. The average molecular weight is 291 g/mol. The molecule has 1 atom stereocenters. The predicted molar refractivity (Wildman–Crippen MR) is 82.2 cm³/mol. The first-order valence-electron chi connectivity index (χ1n) is 7.89. The first-order chi connectivity index (χ1) is 10.3. The Balaban J connectivity index is 1.70. The highest BCUT2D eigenvalue weighted by Crippen LogP contribution is 2.20. The molecule has 0 unspecified atom stereocenters. The van der Waals surface area contributed by atoms with Crippen LogP contribution in [-0.4, -0.2) is 41.7 Å². The molecule has 1 amide bonds. The molecule has 4 nitrogen and oxygen atoms in total. The van der Waals surface area contributed by atoms with E-state index in [-0.39, 0.29) is 18.6 Å². The third-order valence-corrected chi connectivity index (χ3v) is 3.96. The van der Waals surface area contributed by atoms with Crippen LogP contribution in [0, 0.1) is 0 Å². The number of amides is 1. The fourth-order valence-electron chi connectivity index (χ4n) is 2.85. The molecule has 4 heteroatoms. The molecule has 0 radical (unpaired) electrons. The maximum Gasteiger partial charge on any atom is 0.222 e. The summed E-state index contributed by atoms with van der Waals surface area (Å²) in [6.07, 6.45) is 5.21. The van der Waals surface area contributed by atoms with E-state index < -0.39 is 0 Å². The largest absolute Gasteiger partial charge is 0.494 e. The van der Waals surface area contributed by atoms with Gasteiger partial charge < -0.3 is 14.7 Å². The summed E-state index contributed by atoms with van der Waals surface area (Å²) in [4.78, 5) is 14.2. The number of piperidine rings is 1. The Morgan fingerprint density at radius 1 is 1.29 bits per heavy atom. The normalized spacial score (nSPS) is 18.5. The number of likely N-dealkylation sites (tertiary alicyclic amines) is 1. The quantitative estimate of drug-likeness (QED) is 0.786. The number of carbonyl (C=O) groups excluding carboxylic acids is 1. The highest BCUT2D eigenvalue weighted by molar-refractivity contribution is 5.76. The monoisotopic (exact) mass is 291 g/mol. The van der Waals surface area contributed by atoms with E-state index in [1.165, 1.54) is 0 Å². The van der Waals surface area contributed by atoms with E-state index in [2.05, 4.69) is 0 Å². The Morgan fingerprint density at radius 3 is 2.86 bits per heavy atom. The molecule has 1 fully saturated rings. The van der Waals surface area contributed by atoms with Crippen LogP contribution >= 0.6 is 0 Å². The zero-order chi connectivity index (χ0) is 14.9. The van der Waals surface area contributed by atoms with Crippen LogP contribution in [0.25, 0.3) is 0 Å². The van der Waals surface area contributed by atoms with Crippen molar-refractivity contribution in [1.29, 1.82) is 0 Å². The molecule has 1 heterocycles. The molecular weight excluding hydrogens is 266 g/mol. The van der Waals surface area contributed by atoms with Crippen molar-refractivity contribution in [2.24, 2.45) is 0 Å². The van der Waals surface area contributed by atoms with Gasteiger partial charge in [-0.2, -0.15) is 0 Å². The molecule has 1 aliphatic heterocycles. The van der Waals surface area contributed by atoms with Crippen LogP contribution in [0.5, 0.6) is 5.75 Å². The molecule has 0 saturated carbocycles. The lowest BCUT2D eigenvalue weighted by atomic mass is 9.99. The lowest BCUT2D eigenvalue weighted by Gasteiger charge is -2.35. The van der Waals surface area contributed by atoms with Crippen LogP contribution in [0.1, 0.15) is 38.5 Å². The van der Waals surface area contributed by atoms with Gasteiger partial charge in [-0.25, -0.2) is 0 Å². The second-order valence-corrected chi connectivity index (χ2v) is 5.51.